The average molecular weight is 283 g/mol. The minimum Gasteiger partial charge on any atom is -0.337 e. The highest BCUT2D eigenvalue weighted by Crippen LogP contribution is 2.20. The predicted molar refractivity (Wildman–Crippen MR) is 79.7 cm³/mol. The Balaban J connectivity index is 1.80. The maximum absolute atomic E-state index is 12.4. The smallest absolute Gasteiger partial charge is 0.253 e. The van der Waals surface area contributed by atoms with Gasteiger partial charge in [-0.05, 0) is 29.8 Å². The van der Waals surface area contributed by atoms with Crippen LogP contribution in [0, 0.1) is 0 Å². The van der Waals surface area contributed by atoms with Crippen LogP contribution in [0.15, 0.2) is 48.2 Å². The summed E-state index contributed by atoms with van der Waals surface area (Å²) in [5, 5.41) is 0. The van der Waals surface area contributed by atoms with Crippen LogP contribution in [0.2, 0.25) is 0 Å². The Morgan fingerprint density at radius 1 is 1.35 bits per heavy atom. The van der Waals surface area contributed by atoms with Gasteiger partial charge in [-0.25, -0.2) is 4.98 Å². The maximum atomic E-state index is 12.4. The zero-order chi connectivity index (χ0) is 13.9. The molecule has 1 amide bonds. The lowest BCUT2D eigenvalue weighted by Gasteiger charge is -2.17. The van der Waals surface area contributed by atoms with E-state index in [1.165, 1.54) is 0 Å². The van der Waals surface area contributed by atoms with Crippen LogP contribution in [0.5, 0.6) is 0 Å². The number of carbonyl (C=O) groups excluding carboxylic acids is 1. The molecule has 2 aromatic heterocycles. The van der Waals surface area contributed by atoms with Gasteiger partial charge in [-0.2, -0.15) is 0 Å². The summed E-state index contributed by atoms with van der Waals surface area (Å²) in [7, 11) is 1.80. The van der Waals surface area contributed by atoms with Gasteiger partial charge in [0.05, 0.1) is 15.7 Å². The van der Waals surface area contributed by atoms with Crippen molar-refractivity contribution in [3.8, 4) is 0 Å². The van der Waals surface area contributed by atoms with Crippen molar-refractivity contribution in [1.29, 1.82) is 0 Å². The summed E-state index contributed by atoms with van der Waals surface area (Å²) >= 11 is 1.54. The standard InChI is InChI=1S/C15H13N3OS/c1-18(9-11-3-2-6-16-8-11)15(19)12-4-5-13-14(7-12)20-10-17-13/h2-8,10H,9H2,1H3. The zero-order valence-corrected chi connectivity index (χ0v) is 11.8. The van der Waals surface area contributed by atoms with Crippen molar-refractivity contribution in [2.24, 2.45) is 0 Å². The minimum absolute atomic E-state index is 0.00385. The highest BCUT2D eigenvalue weighted by atomic mass is 32.1. The first-order valence-corrected chi connectivity index (χ1v) is 7.09. The number of rotatable bonds is 3. The summed E-state index contributed by atoms with van der Waals surface area (Å²) in [6, 6.07) is 9.44. The van der Waals surface area contributed by atoms with Gasteiger partial charge < -0.3 is 4.90 Å². The van der Waals surface area contributed by atoms with Crippen LogP contribution >= 0.6 is 11.3 Å². The van der Waals surface area contributed by atoms with Gasteiger partial charge in [-0.3, -0.25) is 9.78 Å². The van der Waals surface area contributed by atoms with E-state index >= 15 is 0 Å². The van der Waals surface area contributed by atoms with Crippen molar-refractivity contribution in [3.05, 3.63) is 59.4 Å². The Bertz CT molecular complexity index is 739. The molecule has 3 aromatic rings. The van der Waals surface area contributed by atoms with Gasteiger partial charge in [0.2, 0.25) is 0 Å². The number of fused-ring (bicyclic) bond motifs is 1. The van der Waals surface area contributed by atoms with Crippen LogP contribution in [-0.4, -0.2) is 27.8 Å². The van der Waals surface area contributed by atoms with E-state index in [9.17, 15) is 4.79 Å². The molecule has 0 N–H and O–H groups in total. The molecule has 0 saturated heterocycles. The second-order valence-electron chi connectivity index (χ2n) is 4.56. The molecule has 0 aliphatic heterocycles. The van der Waals surface area contributed by atoms with E-state index in [0.29, 0.717) is 12.1 Å². The Morgan fingerprint density at radius 3 is 3.05 bits per heavy atom. The molecule has 5 heteroatoms. The SMILES string of the molecule is CN(Cc1cccnc1)C(=O)c1ccc2ncsc2c1. The molecule has 1 aromatic carbocycles. The lowest BCUT2D eigenvalue weighted by molar-refractivity contribution is 0.0785. The molecule has 2 heterocycles. The molecule has 3 rings (SSSR count). The molecule has 0 aliphatic carbocycles. The molecule has 0 fully saturated rings. The summed E-state index contributed by atoms with van der Waals surface area (Å²) in [6.07, 6.45) is 3.50. The van der Waals surface area contributed by atoms with Crippen LogP contribution in [0.3, 0.4) is 0 Å². The van der Waals surface area contributed by atoms with E-state index in [2.05, 4.69) is 9.97 Å². The van der Waals surface area contributed by atoms with Gasteiger partial charge in [-0.15, -0.1) is 11.3 Å². The van der Waals surface area contributed by atoms with Crippen LogP contribution < -0.4 is 0 Å². The molecule has 0 bridgehead atoms. The summed E-state index contributed by atoms with van der Waals surface area (Å²) in [5.41, 5.74) is 4.43. The van der Waals surface area contributed by atoms with E-state index < -0.39 is 0 Å². The first kappa shape index (κ1) is 12.7. The second-order valence-corrected chi connectivity index (χ2v) is 5.44. The maximum Gasteiger partial charge on any atom is 0.253 e. The number of hydrogen-bond acceptors (Lipinski definition) is 4. The average Bonchev–Trinajstić information content (AvgIpc) is 2.94. The van der Waals surface area contributed by atoms with Crippen molar-refractivity contribution >= 4 is 27.5 Å². The number of amides is 1. The number of hydrogen-bond donors (Lipinski definition) is 0. The van der Waals surface area contributed by atoms with Gasteiger partial charge in [0, 0.05) is 31.5 Å². The van der Waals surface area contributed by atoms with Crippen molar-refractivity contribution in [3.63, 3.8) is 0 Å². The molecule has 100 valence electrons. The fourth-order valence-electron chi connectivity index (χ4n) is 2.05. The first-order chi connectivity index (χ1) is 9.74. The molecular formula is C15H13N3OS. The highest BCUT2D eigenvalue weighted by Gasteiger charge is 2.13. The van der Waals surface area contributed by atoms with E-state index in [1.807, 2.05) is 30.3 Å². The summed E-state index contributed by atoms with van der Waals surface area (Å²) in [5.74, 6) is 0.00385. The molecule has 0 spiro atoms. The van der Waals surface area contributed by atoms with Gasteiger partial charge in [-0.1, -0.05) is 6.07 Å². The van der Waals surface area contributed by atoms with Crippen LogP contribution in [0.4, 0.5) is 0 Å². The molecule has 0 unspecified atom stereocenters. The quantitative estimate of drug-likeness (QED) is 0.742. The summed E-state index contributed by atoms with van der Waals surface area (Å²) in [6.45, 7) is 0.549. The Morgan fingerprint density at radius 2 is 2.25 bits per heavy atom. The highest BCUT2D eigenvalue weighted by molar-refractivity contribution is 7.16. The lowest BCUT2D eigenvalue weighted by atomic mass is 10.2. The number of thiazole rings is 1. The first-order valence-electron chi connectivity index (χ1n) is 6.21. The van der Waals surface area contributed by atoms with E-state index in [-0.39, 0.29) is 5.91 Å². The van der Waals surface area contributed by atoms with Crippen molar-refractivity contribution in [1.82, 2.24) is 14.9 Å². The number of benzene rings is 1. The van der Waals surface area contributed by atoms with Crippen molar-refractivity contribution < 1.29 is 4.79 Å². The van der Waals surface area contributed by atoms with Crippen molar-refractivity contribution in [2.75, 3.05) is 7.05 Å². The van der Waals surface area contributed by atoms with E-state index in [1.54, 1.807) is 41.2 Å². The van der Waals surface area contributed by atoms with Crippen LogP contribution in [0.25, 0.3) is 10.2 Å². The number of carbonyl (C=O) groups is 1. The van der Waals surface area contributed by atoms with Crippen molar-refractivity contribution in [2.45, 2.75) is 6.54 Å². The third-order valence-corrected chi connectivity index (χ3v) is 3.86. The second kappa shape index (κ2) is 5.38. The van der Waals surface area contributed by atoms with E-state index in [0.717, 1.165) is 15.8 Å². The van der Waals surface area contributed by atoms with E-state index in [4.69, 9.17) is 0 Å². The van der Waals surface area contributed by atoms with Gasteiger partial charge >= 0.3 is 0 Å². The topological polar surface area (TPSA) is 46.1 Å². The lowest BCUT2D eigenvalue weighted by Crippen LogP contribution is -2.26. The number of pyridine rings is 1. The molecule has 0 radical (unpaired) electrons. The number of nitrogens with zero attached hydrogens (tertiary/aromatic N) is 3. The third kappa shape index (κ3) is 2.53. The molecule has 0 saturated carbocycles. The third-order valence-electron chi connectivity index (χ3n) is 3.07. The fraction of sp³-hybridized carbons (Fsp3) is 0.133. The Kier molecular flexibility index (Phi) is 3.43. The van der Waals surface area contributed by atoms with Gasteiger partial charge in [0.1, 0.15) is 0 Å². The Hall–Kier alpha value is -2.27. The molecule has 4 nitrogen and oxygen atoms in total. The molecule has 0 atom stereocenters. The predicted octanol–water partition coefficient (Wildman–Crippen LogP) is 2.96. The zero-order valence-electron chi connectivity index (χ0n) is 11.0. The summed E-state index contributed by atoms with van der Waals surface area (Å²) < 4.78 is 1.03. The minimum atomic E-state index is 0.00385. The normalized spacial score (nSPS) is 10.7. The van der Waals surface area contributed by atoms with Crippen LogP contribution in [-0.2, 0) is 6.54 Å². The summed E-state index contributed by atoms with van der Waals surface area (Å²) in [4.78, 5) is 22.4. The monoisotopic (exact) mass is 283 g/mol. The van der Waals surface area contributed by atoms with Crippen LogP contribution in [0.1, 0.15) is 15.9 Å². The van der Waals surface area contributed by atoms with Gasteiger partial charge in [0.15, 0.2) is 0 Å². The van der Waals surface area contributed by atoms with Gasteiger partial charge in [0.25, 0.3) is 5.91 Å². The fourth-order valence-corrected chi connectivity index (χ4v) is 2.76. The molecule has 20 heavy (non-hydrogen) atoms. The number of aromatic nitrogens is 2. The Labute approximate surface area is 120 Å². The molecular weight excluding hydrogens is 270 g/mol. The largest absolute Gasteiger partial charge is 0.337 e. The molecule has 0 aliphatic rings.